The number of thiophene rings is 1. The van der Waals surface area contributed by atoms with E-state index >= 15 is 0 Å². The molecule has 33 heavy (non-hydrogen) atoms. The molecule has 2 aromatic rings. The van der Waals surface area contributed by atoms with Crippen LogP contribution in [0, 0.1) is 31.1 Å². The minimum absolute atomic E-state index is 0.150. The molecule has 172 valence electrons. The van der Waals surface area contributed by atoms with Crippen LogP contribution in [-0.4, -0.2) is 27.2 Å². The van der Waals surface area contributed by atoms with Crippen LogP contribution in [0.25, 0.3) is 11.1 Å². The maximum Gasteiger partial charge on any atom is 0.293 e. The third-order valence-electron chi connectivity index (χ3n) is 7.26. The number of amides is 2. The summed E-state index contributed by atoms with van der Waals surface area (Å²) >= 11 is 2.78. The van der Waals surface area contributed by atoms with Crippen LogP contribution in [0.1, 0.15) is 77.9 Å². The number of carbonyl (C=O) groups is 2. The average molecular weight is 480 g/mol. The van der Waals surface area contributed by atoms with Crippen LogP contribution in [-0.2, 0) is 17.6 Å². The number of thioether (sulfide) groups is 1. The molecule has 1 saturated heterocycles. The second-order valence-electron chi connectivity index (χ2n) is 9.46. The van der Waals surface area contributed by atoms with Gasteiger partial charge in [0.1, 0.15) is 11.1 Å². The van der Waals surface area contributed by atoms with Crippen LogP contribution in [0.4, 0.5) is 4.79 Å². The van der Waals surface area contributed by atoms with Crippen molar-refractivity contribution in [3.8, 4) is 11.1 Å². The number of nitriles is 1. The number of aryl methyl sites for hydroxylation is 2. The zero-order valence-electron chi connectivity index (χ0n) is 19.3. The highest BCUT2D eigenvalue weighted by molar-refractivity contribution is 8.18. The molecular formula is C26H29N3O2S2. The van der Waals surface area contributed by atoms with Gasteiger partial charge in [-0.2, -0.15) is 5.26 Å². The van der Waals surface area contributed by atoms with Crippen LogP contribution in [0.2, 0.25) is 0 Å². The summed E-state index contributed by atoms with van der Waals surface area (Å²) in [6, 6.07) is 4.52. The van der Waals surface area contributed by atoms with E-state index in [1.54, 1.807) is 11.3 Å². The van der Waals surface area contributed by atoms with Crippen molar-refractivity contribution < 1.29 is 9.59 Å². The van der Waals surface area contributed by atoms with Gasteiger partial charge in [-0.3, -0.25) is 14.5 Å². The molecule has 0 bridgehead atoms. The molecule has 2 aromatic heterocycles. The Hall–Kier alpha value is -2.30. The minimum atomic E-state index is -0.162. The van der Waals surface area contributed by atoms with Crippen molar-refractivity contribution >= 4 is 40.3 Å². The highest BCUT2D eigenvalue weighted by Crippen LogP contribution is 2.40. The van der Waals surface area contributed by atoms with Gasteiger partial charge in [-0.25, -0.2) is 0 Å². The molecule has 1 saturated carbocycles. The van der Waals surface area contributed by atoms with Crippen molar-refractivity contribution in [2.45, 2.75) is 71.6 Å². The number of fused-ring (bicyclic) bond motifs is 1. The van der Waals surface area contributed by atoms with Gasteiger partial charge in [-0.1, -0.05) is 19.3 Å². The Kier molecular flexibility index (Phi) is 6.24. The molecule has 5 nitrogen and oxygen atoms in total. The fraction of sp³-hybridized carbons (Fsp3) is 0.500. The van der Waals surface area contributed by atoms with Crippen LogP contribution in [0.15, 0.2) is 11.0 Å². The van der Waals surface area contributed by atoms with Crippen LogP contribution in [0.3, 0.4) is 0 Å². The SMILES string of the molecule is Cc1cc(/C=C2/SC(=O)N(CC3CCCCC3)C2=O)c(C)n1-c1sc2c(c1C#N)CCCC2. The Morgan fingerprint density at radius 2 is 1.88 bits per heavy atom. The van der Waals surface area contributed by atoms with Crippen molar-refractivity contribution in [2.24, 2.45) is 5.92 Å². The summed E-state index contributed by atoms with van der Waals surface area (Å²) in [5.41, 5.74) is 5.00. The van der Waals surface area contributed by atoms with Gasteiger partial charge in [0.15, 0.2) is 0 Å². The van der Waals surface area contributed by atoms with E-state index in [0.717, 1.165) is 71.4 Å². The summed E-state index contributed by atoms with van der Waals surface area (Å²) in [6.07, 6.45) is 12.1. The first-order chi connectivity index (χ1) is 16.0. The molecule has 0 radical (unpaired) electrons. The number of nitrogens with zero attached hydrogens (tertiary/aromatic N) is 3. The van der Waals surface area contributed by atoms with Gasteiger partial charge in [0, 0.05) is 22.8 Å². The summed E-state index contributed by atoms with van der Waals surface area (Å²) in [5, 5.41) is 10.8. The Morgan fingerprint density at radius 3 is 2.64 bits per heavy atom. The molecule has 0 atom stereocenters. The van der Waals surface area contributed by atoms with Gasteiger partial charge in [0.2, 0.25) is 0 Å². The van der Waals surface area contributed by atoms with Crippen LogP contribution >= 0.6 is 23.1 Å². The molecule has 1 aliphatic heterocycles. The first-order valence-corrected chi connectivity index (χ1v) is 13.6. The van der Waals surface area contributed by atoms with E-state index in [2.05, 4.69) is 16.7 Å². The lowest BCUT2D eigenvalue weighted by Crippen LogP contribution is -2.34. The molecule has 0 N–H and O–H groups in total. The topological polar surface area (TPSA) is 66.1 Å². The number of hydrogen-bond donors (Lipinski definition) is 0. The normalized spacial score (nSPS) is 20.5. The van der Waals surface area contributed by atoms with Gasteiger partial charge in [0.25, 0.3) is 11.1 Å². The van der Waals surface area contributed by atoms with Crippen molar-refractivity contribution in [1.82, 2.24) is 9.47 Å². The molecule has 3 aliphatic rings. The summed E-state index contributed by atoms with van der Waals surface area (Å²) in [7, 11) is 0. The third-order valence-corrected chi connectivity index (χ3v) is 9.45. The smallest absolute Gasteiger partial charge is 0.293 e. The van der Waals surface area contributed by atoms with E-state index in [9.17, 15) is 14.9 Å². The Bertz CT molecular complexity index is 1190. The van der Waals surface area contributed by atoms with Crippen LogP contribution < -0.4 is 0 Å². The van der Waals surface area contributed by atoms with E-state index in [1.807, 2.05) is 19.9 Å². The largest absolute Gasteiger partial charge is 0.308 e. The quantitative estimate of drug-likeness (QED) is 0.468. The van der Waals surface area contributed by atoms with Gasteiger partial charge in [0.05, 0.1) is 10.5 Å². The van der Waals surface area contributed by atoms with Gasteiger partial charge in [-0.15, -0.1) is 11.3 Å². The molecule has 2 amide bonds. The van der Waals surface area contributed by atoms with E-state index in [4.69, 9.17) is 0 Å². The third kappa shape index (κ3) is 4.08. The number of imide groups is 1. The minimum Gasteiger partial charge on any atom is -0.308 e. The summed E-state index contributed by atoms with van der Waals surface area (Å²) in [4.78, 5) is 29.0. The standard InChI is InChI=1S/C26H29N3O2S2/c1-16-12-19(13-23-24(30)28(26(31)33-23)15-18-8-4-3-5-9-18)17(2)29(16)25-21(14-27)20-10-6-7-11-22(20)32-25/h12-13,18H,3-11,15H2,1-2H3/b23-13+. The van der Waals surface area contributed by atoms with Crippen molar-refractivity contribution in [1.29, 1.82) is 5.26 Å². The second kappa shape index (κ2) is 9.15. The molecule has 0 spiro atoms. The summed E-state index contributed by atoms with van der Waals surface area (Å²) in [6.45, 7) is 4.62. The van der Waals surface area contributed by atoms with E-state index in [1.165, 1.54) is 41.0 Å². The first kappa shape index (κ1) is 22.5. The van der Waals surface area contributed by atoms with Crippen molar-refractivity contribution in [3.05, 3.63) is 43.9 Å². The first-order valence-electron chi connectivity index (χ1n) is 12.0. The number of hydrogen-bond acceptors (Lipinski definition) is 5. The monoisotopic (exact) mass is 479 g/mol. The Morgan fingerprint density at radius 1 is 1.12 bits per heavy atom. The Balaban J connectivity index is 1.45. The second-order valence-corrected chi connectivity index (χ2v) is 11.5. The van der Waals surface area contributed by atoms with E-state index in [0.29, 0.717) is 17.4 Å². The Labute approximate surface area is 203 Å². The van der Waals surface area contributed by atoms with Crippen molar-refractivity contribution in [3.63, 3.8) is 0 Å². The molecule has 0 aromatic carbocycles. The lowest BCUT2D eigenvalue weighted by atomic mass is 9.89. The van der Waals surface area contributed by atoms with Gasteiger partial charge >= 0.3 is 0 Å². The predicted octanol–water partition coefficient (Wildman–Crippen LogP) is 6.52. The lowest BCUT2D eigenvalue weighted by molar-refractivity contribution is -0.123. The average Bonchev–Trinajstić information content (AvgIpc) is 3.41. The maximum atomic E-state index is 13.1. The molecular weight excluding hydrogens is 450 g/mol. The maximum absolute atomic E-state index is 13.1. The molecule has 3 heterocycles. The molecule has 5 rings (SSSR count). The molecule has 2 aliphatic carbocycles. The highest BCUT2D eigenvalue weighted by Gasteiger charge is 2.37. The number of rotatable bonds is 4. The van der Waals surface area contributed by atoms with E-state index < -0.39 is 0 Å². The number of aromatic nitrogens is 1. The molecule has 0 unspecified atom stereocenters. The number of carbonyl (C=O) groups excluding carboxylic acids is 2. The van der Waals surface area contributed by atoms with Crippen LogP contribution in [0.5, 0.6) is 0 Å². The predicted molar refractivity (Wildman–Crippen MR) is 134 cm³/mol. The lowest BCUT2D eigenvalue weighted by Gasteiger charge is -2.25. The summed E-state index contributed by atoms with van der Waals surface area (Å²) in [5.74, 6) is 0.274. The van der Waals surface area contributed by atoms with E-state index in [-0.39, 0.29) is 11.1 Å². The molecule has 7 heteroatoms. The molecule has 2 fully saturated rings. The fourth-order valence-corrected chi connectivity index (χ4v) is 7.79. The van der Waals surface area contributed by atoms with Gasteiger partial charge < -0.3 is 4.57 Å². The highest BCUT2D eigenvalue weighted by atomic mass is 32.2. The zero-order chi connectivity index (χ0) is 23.1. The zero-order valence-corrected chi connectivity index (χ0v) is 20.9. The van der Waals surface area contributed by atoms with Gasteiger partial charge in [-0.05, 0) is 93.3 Å². The summed E-state index contributed by atoms with van der Waals surface area (Å²) < 4.78 is 2.15. The van der Waals surface area contributed by atoms with Crippen molar-refractivity contribution in [2.75, 3.05) is 6.54 Å². The fourth-order valence-electron chi connectivity index (χ4n) is 5.50.